The van der Waals surface area contributed by atoms with Gasteiger partial charge in [0.05, 0.1) is 5.01 Å². The van der Waals surface area contributed by atoms with Gasteiger partial charge in [-0.15, -0.1) is 11.3 Å². The lowest BCUT2D eigenvalue weighted by Gasteiger charge is -2.11. The van der Waals surface area contributed by atoms with E-state index < -0.39 is 11.9 Å². The van der Waals surface area contributed by atoms with Gasteiger partial charge in [0.1, 0.15) is 0 Å². The zero-order valence-corrected chi connectivity index (χ0v) is 14.5. The molecule has 0 saturated carbocycles. The average molecular weight is 351 g/mol. The van der Waals surface area contributed by atoms with Gasteiger partial charge in [0, 0.05) is 31.4 Å². The third-order valence-corrected chi connectivity index (χ3v) is 3.76. The molecule has 0 bridgehead atoms. The van der Waals surface area contributed by atoms with E-state index in [-0.39, 0.29) is 0 Å². The minimum Gasteiger partial charge on any atom is -0.357 e. The van der Waals surface area contributed by atoms with E-state index in [0.29, 0.717) is 30.5 Å². The summed E-state index contributed by atoms with van der Waals surface area (Å²) in [6.07, 6.45) is -2.99. The maximum Gasteiger partial charge on any atom is 0.434 e. The molecule has 0 aliphatic rings. The van der Waals surface area contributed by atoms with Crippen LogP contribution in [0.25, 0.3) is 0 Å². The topological polar surface area (TPSA) is 52.6 Å². The molecule has 0 unspecified atom stereocenters. The molecule has 0 spiro atoms. The van der Waals surface area contributed by atoms with Crippen molar-refractivity contribution < 1.29 is 13.2 Å². The maximum absolute atomic E-state index is 12.5. The lowest BCUT2D eigenvalue weighted by atomic mass is 10.4. The van der Waals surface area contributed by atoms with Crippen LogP contribution in [0.3, 0.4) is 0 Å². The zero-order chi connectivity index (χ0) is 17.3. The number of thiazole rings is 1. The van der Waals surface area contributed by atoms with Gasteiger partial charge in [0.15, 0.2) is 11.7 Å². The van der Waals surface area contributed by atoms with Crippen molar-refractivity contribution in [1.82, 2.24) is 20.5 Å². The van der Waals surface area contributed by atoms with Crippen molar-refractivity contribution >= 4 is 17.3 Å². The van der Waals surface area contributed by atoms with Crippen molar-refractivity contribution in [2.75, 3.05) is 40.3 Å². The van der Waals surface area contributed by atoms with Gasteiger partial charge < -0.3 is 15.5 Å². The molecule has 0 aromatic carbocycles. The highest BCUT2D eigenvalue weighted by atomic mass is 32.1. The molecule has 1 aromatic rings. The van der Waals surface area contributed by atoms with Gasteiger partial charge in [-0.1, -0.05) is 0 Å². The molecule has 0 amide bonds. The Morgan fingerprint density at radius 1 is 1.35 bits per heavy atom. The Morgan fingerprint density at radius 2 is 2.09 bits per heavy atom. The van der Waals surface area contributed by atoms with Gasteiger partial charge >= 0.3 is 6.18 Å². The Bertz CT molecular complexity index is 485. The van der Waals surface area contributed by atoms with Gasteiger partial charge in [-0.2, -0.15) is 13.2 Å². The first kappa shape index (κ1) is 19.7. The predicted molar refractivity (Wildman–Crippen MR) is 88.0 cm³/mol. The van der Waals surface area contributed by atoms with Gasteiger partial charge in [-0.3, -0.25) is 4.99 Å². The Balaban J connectivity index is 2.40. The number of guanidine groups is 1. The van der Waals surface area contributed by atoms with Crippen LogP contribution in [0.15, 0.2) is 10.4 Å². The highest BCUT2D eigenvalue weighted by Crippen LogP contribution is 2.29. The van der Waals surface area contributed by atoms with Crippen LogP contribution in [-0.4, -0.2) is 56.1 Å². The number of alkyl halides is 3. The van der Waals surface area contributed by atoms with Gasteiger partial charge in [0.2, 0.25) is 0 Å². The van der Waals surface area contributed by atoms with Crippen molar-refractivity contribution in [2.45, 2.75) is 25.9 Å². The van der Waals surface area contributed by atoms with Crippen LogP contribution in [0.1, 0.15) is 24.0 Å². The Kier molecular flexibility index (Phi) is 8.32. The number of halogens is 3. The maximum atomic E-state index is 12.5. The summed E-state index contributed by atoms with van der Waals surface area (Å²) in [5, 5.41) is 7.75. The molecule has 23 heavy (non-hydrogen) atoms. The van der Waals surface area contributed by atoms with Crippen molar-refractivity contribution in [2.24, 2.45) is 4.99 Å². The van der Waals surface area contributed by atoms with Gasteiger partial charge in [-0.25, -0.2) is 4.98 Å². The first-order valence-corrected chi connectivity index (χ1v) is 8.39. The molecule has 0 aliphatic carbocycles. The summed E-state index contributed by atoms with van der Waals surface area (Å²) in [7, 11) is 4.02. The largest absolute Gasteiger partial charge is 0.434 e. The molecular weight excluding hydrogens is 327 g/mol. The second-order valence-corrected chi connectivity index (χ2v) is 6.16. The minimum absolute atomic E-state index is 0.433. The summed E-state index contributed by atoms with van der Waals surface area (Å²) in [5.41, 5.74) is -0.818. The molecule has 1 aromatic heterocycles. The van der Waals surface area contributed by atoms with Crippen LogP contribution in [0.2, 0.25) is 0 Å². The fraction of sp³-hybridized carbons (Fsp3) is 0.714. The molecule has 1 heterocycles. The SMILES string of the molecule is CCNC(=NCCCN(C)C)NCCc1nc(C(F)(F)F)cs1. The van der Waals surface area contributed by atoms with Crippen LogP contribution in [0.4, 0.5) is 13.2 Å². The van der Waals surface area contributed by atoms with E-state index in [1.807, 2.05) is 21.0 Å². The average Bonchev–Trinajstić information content (AvgIpc) is 2.92. The monoisotopic (exact) mass is 351 g/mol. The fourth-order valence-electron chi connectivity index (χ4n) is 1.76. The Labute approximate surface area is 139 Å². The molecule has 1 rings (SSSR count). The third kappa shape index (κ3) is 8.17. The zero-order valence-electron chi connectivity index (χ0n) is 13.7. The lowest BCUT2D eigenvalue weighted by Crippen LogP contribution is -2.38. The normalized spacial score (nSPS) is 12.7. The molecule has 9 heteroatoms. The summed E-state index contributed by atoms with van der Waals surface area (Å²) in [5.74, 6) is 0.679. The first-order valence-electron chi connectivity index (χ1n) is 7.51. The molecule has 0 saturated heterocycles. The quantitative estimate of drug-likeness (QED) is 0.428. The molecule has 132 valence electrons. The molecule has 2 N–H and O–H groups in total. The highest BCUT2D eigenvalue weighted by Gasteiger charge is 2.33. The van der Waals surface area contributed by atoms with Gasteiger partial charge in [-0.05, 0) is 34.0 Å². The number of aromatic nitrogens is 1. The number of hydrogen-bond donors (Lipinski definition) is 2. The third-order valence-electron chi connectivity index (χ3n) is 2.85. The summed E-state index contributed by atoms with van der Waals surface area (Å²) in [4.78, 5) is 10.1. The van der Waals surface area contributed by atoms with E-state index in [0.717, 1.165) is 36.2 Å². The summed E-state index contributed by atoms with van der Waals surface area (Å²) in [6.45, 7) is 4.85. The molecule has 5 nitrogen and oxygen atoms in total. The van der Waals surface area contributed by atoms with Gasteiger partial charge in [0.25, 0.3) is 0 Å². The first-order chi connectivity index (χ1) is 10.8. The van der Waals surface area contributed by atoms with Crippen molar-refractivity contribution in [3.05, 3.63) is 16.1 Å². The van der Waals surface area contributed by atoms with Crippen molar-refractivity contribution in [1.29, 1.82) is 0 Å². The second kappa shape index (κ2) is 9.71. The molecule has 0 aliphatic heterocycles. The number of hydrogen-bond acceptors (Lipinski definition) is 4. The summed E-state index contributed by atoms with van der Waals surface area (Å²) in [6, 6.07) is 0. The molecule has 0 fully saturated rings. The van der Waals surface area contributed by atoms with Crippen LogP contribution in [0, 0.1) is 0 Å². The van der Waals surface area contributed by atoms with E-state index in [4.69, 9.17) is 0 Å². The second-order valence-electron chi connectivity index (χ2n) is 5.22. The minimum atomic E-state index is -4.37. The number of nitrogens with zero attached hydrogens (tertiary/aromatic N) is 3. The van der Waals surface area contributed by atoms with Crippen LogP contribution in [0.5, 0.6) is 0 Å². The Hall–Kier alpha value is -1.35. The predicted octanol–water partition coefficient (Wildman–Crippen LogP) is 2.21. The van der Waals surface area contributed by atoms with E-state index in [9.17, 15) is 13.2 Å². The van der Waals surface area contributed by atoms with Crippen LogP contribution in [-0.2, 0) is 12.6 Å². The number of nitrogens with one attached hydrogen (secondary N) is 2. The molecule has 0 atom stereocenters. The van der Waals surface area contributed by atoms with Crippen molar-refractivity contribution in [3.8, 4) is 0 Å². The smallest absolute Gasteiger partial charge is 0.357 e. The number of rotatable bonds is 8. The van der Waals surface area contributed by atoms with Crippen LogP contribution >= 0.6 is 11.3 Å². The van der Waals surface area contributed by atoms with E-state index in [2.05, 4.69) is 25.5 Å². The standard InChI is InChI=1S/C14H24F3N5S/c1-4-18-13(19-7-5-9-22(2)3)20-8-6-12-21-11(10-23-12)14(15,16)17/h10H,4-9H2,1-3H3,(H2,18,19,20). The highest BCUT2D eigenvalue weighted by molar-refractivity contribution is 7.09. The summed E-state index contributed by atoms with van der Waals surface area (Å²) >= 11 is 1.03. The van der Waals surface area contributed by atoms with E-state index >= 15 is 0 Å². The van der Waals surface area contributed by atoms with Crippen molar-refractivity contribution in [3.63, 3.8) is 0 Å². The van der Waals surface area contributed by atoms with E-state index in [1.54, 1.807) is 0 Å². The lowest BCUT2D eigenvalue weighted by molar-refractivity contribution is -0.140. The van der Waals surface area contributed by atoms with Crippen LogP contribution < -0.4 is 10.6 Å². The number of aliphatic imine (C=N–C) groups is 1. The fourth-order valence-corrected chi connectivity index (χ4v) is 2.57. The summed E-state index contributed by atoms with van der Waals surface area (Å²) < 4.78 is 37.4. The molecular formula is C14H24F3N5S. The molecule has 0 radical (unpaired) electrons. The Morgan fingerprint density at radius 3 is 2.65 bits per heavy atom. The van der Waals surface area contributed by atoms with E-state index in [1.165, 1.54) is 0 Å².